The Labute approximate surface area is 147 Å². The zero-order valence-electron chi connectivity index (χ0n) is 16.3. The average Bonchev–Trinajstić information content (AvgIpc) is 2.45. The van der Waals surface area contributed by atoms with Gasteiger partial charge in [-0.05, 0) is 41.5 Å². The summed E-state index contributed by atoms with van der Waals surface area (Å²) < 4.78 is 0. The van der Waals surface area contributed by atoms with Crippen LogP contribution in [-0.2, 0) is 0 Å². The number of rotatable bonds is 9. The third-order valence-corrected chi connectivity index (χ3v) is 12.3. The van der Waals surface area contributed by atoms with E-state index in [0.29, 0.717) is 11.4 Å². The maximum atomic E-state index is 10.6. The molecule has 1 radical (unpaired) electrons. The van der Waals surface area contributed by atoms with Gasteiger partial charge >= 0.3 is 0 Å². The summed E-state index contributed by atoms with van der Waals surface area (Å²) in [6.45, 7) is 13.5. The summed E-state index contributed by atoms with van der Waals surface area (Å²) in [6, 6.07) is 0. The van der Waals surface area contributed by atoms with Gasteiger partial charge in [0.15, 0.2) is 0 Å². The lowest BCUT2D eigenvalue weighted by Crippen LogP contribution is -2.17. The van der Waals surface area contributed by atoms with Crippen LogP contribution in [0.1, 0.15) is 86.5 Å². The molecule has 1 nitrogen and oxygen atoms in total. The number of hydrogen-bond donors (Lipinski definition) is 1. The second-order valence-corrected chi connectivity index (χ2v) is 13.8. The number of aliphatic hydroxyl groups is 1. The van der Waals surface area contributed by atoms with E-state index in [1.54, 1.807) is 0 Å². The predicted molar refractivity (Wildman–Crippen MR) is 112 cm³/mol. The molecule has 1 rings (SSSR count). The molecule has 0 fully saturated rings. The molecule has 0 aromatic rings. The zero-order chi connectivity index (χ0) is 17.5. The van der Waals surface area contributed by atoms with Crippen molar-refractivity contribution in [1.29, 1.82) is 0 Å². The van der Waals surface area contributed by atoms with Crippen LogP contribution in [0.4, 0.5) is 0 Å². The number of aliphatic hydroxyl groups excluding tert-OH is 1. The molecular weight excluding hydrogens is 318 g/mol. The van der Waals surface area contributed by atoms with Crippen LogP contribution in [0.25, 0.3) is 0 Å². The summed E-state index contributed by atoms with van der Waals surface area (Å²) >= 11 is 0. The van der Waals surface area contributed by atoms with E-state index in [-0.39, 0.29) is 5.41 Å². The van der Waals surface area contributed by atoms with Gasteiger partial charge in [0, 0.05) is 0 Å². The fourth-order valence-electron chi connectivity index (χ4n) is 3.40. The van der Waals surface area contributed by atoms with E-state index in [1.807, 2.05) is 0 Å². The molecule has 3 unspecified atom stereocenters. The molecule has 3 heteroatoms. The average molecular weight is 357 g/mol. The van der Waals surface area contributed by atoms with Gasteiger partial charge in [0.1, 0.15) is 5.76 Å². The van der Waals surface area contributed by atoms with Crippen molar-refractivity contribution in [3.63, 3.8) is 0 Å². The van der Waals surface area contributed by atoms with Crippen LogP contribution < -0.4 is 0 Å². The van der Waals surface area contributed by atoms with Crippen LogP contribution in [0.2, 0.25) is 0 Å². The first-order valence-electron chi connectivity index (χ1n) is 9.52. The summed E-state index contributed by atoms with van der Waals surface area (Å²) in [4.78, 5) is 0. The number of allylic oxidation sites excluding steroid dienone is 3. The van der Waals surface area contributed by atoms with Gasteiger partial charge in [-0.3, -0.25) is 0 Å². The third kappa shape index (κ3) is 6.88. The van der Waals surface area contributed by atoms with Gasteiger partial charge in [-0.15, -0.1) is 0 Å². The lowest BCUT2D eigenvalue weighted by molar-refractivity contribution is 0.394. The minimum atomic E-state index is -0.623. The normalized spacial score (nSPS) is 23.0. The first-order chi connectivity index (χ1) is 10.8. The SMILES string of the molecule is CCCCCCCCCP[PH]1C(C(C)(C)C)=C(O)C(C)=CC1C. The van der Waals surface area contributed by atoms with Crippen molar-refractivity contribution >= 4 is 15.9 Å². The van der Waals surface area contributed by atoms with E-state index in [1.165, 1.54) is 56.4 Å². The van der Waals surface area contributed by atoms with Gasteiger partial charge in [-0.2, -0.15) is 0 Å². The molecule has 1 aliphatic rings. The lowest BCUT2D eigenvalue weighted by atomic mass is 9.93. The molecular formula is C20H39OP2. The van der Waals surface area contributed by atoms with Crippen molar-refractivity contribution in [2.45, 2.75) is 92.1 Å². The van der Waals surface area contributed by atoms with Gasteiger partial charge in [0.05, 0.1) is 0 Å². The predicted octanol–water partition coefficient (Wildman–Crippen LogP) is 7.71. The molecule has 0 saturated carbocycles. The lowest BCUT2D eigenvalue weighted by Gasteiger charge is -2.38. The Morgan fingerprint density at radius 2 is 1.65 bits per heavy atom. The summed E-state index contributed by atoms with van der Waals surface area (Å²) in [7, 11) is 0.420. The number of hydrogen-bond acceptors (Lipinski definition) is 1. The maximum Gasteiger partial charge on any atom is 0.122 e. The van der Waals surface area contributed by atoms with Crippen LogP contribution in [0.3, 0.4) is 0 Å². The Kier molecular flexibility index (Phi) is 9.40. The number of unbranched alkanes of at least 4 members (excludes halogenated alkanes) is 6. The van der Waals surface area contributed by atoms with Gasteiger partial charge in [-0.1, -0.05) is 95.1 Å². The zero-order valence-corrected chi connectivity index (χ0v) is 18.3. The molecule has 135 valence electrons. The van der Waals surface area contributed by atoms with Gasteiger partial charge in [-0.25, -0.2) is 0 Å². The largest absolute Gasteiger partial charge is 0.507 e. The summed E-state index contributed by atoms with van der Waals surface area (Å²) in [6.07, 6.45) is 13.4. The molecule has 1 aliphatic heterocycles. The van der Waals surface area contributed by atoms with Crippen molar-refractivity contribution in [2.75, 3.05) is 6.16 Å². The monoisotopic (exact) mass is 357 g/mol. The first-order valence-corrected chi connectivity index (χ1v) is 13.3. The van der Waals surface area contributed by atoms with Gasteiger partial charge in [0.25, 0.3) is 0 Å². The van der Waals surface area contributed by atoms with Gasteiger partial charge in [0.2, 0.25) is 0 Å². The highest BCUT2D eigenvalue weighted by Crippen LogP contribution is 2.71. The van der Waals surface area contributed by atoms with Crippen LogP contribution in [0.15, 0.2) is 22.7 Å². The van der Waals surface area contributed by atoms with E-state index in [4.69, 9.17) is 0 Å². The second kappa shape index (κ2) is 10.2. The van der Waals surface area contributed by atoms with Crippen LogP contribution in [0.5, 0.6) is 0 Å². The molecule has 0 aromatic carbocycles. The quantitative estimate of drug-likeness (QED) is 0.331. The molecule has 23 heavy (non-hydrogen) atoms. The van der Waals surface area contributed by atoms with Crippen molar-refractivity contribution in [3.05, 3.63) is 22.7 Å². The second-order valence-electron chi connectivity index (χ2n) is 8.07. The highest BCUT2D eigenvalue weighted by atomic mass is 32.0. The topological polar surface area (TPSA) is 20.2 Å². The Morgan fingerprint density at radius 3 is 2.22 bits per heavy atom. The Bertz CT molecular complexity index is 418. The molecule has 0 bridgehead atoms. The van der Waals surface area contributed by atoms with Crippen molar-refractivity contribution in [1.82, 2.24) is 0 Å². The highest BCUT2D eigenvalue weighted by Gasteiger charge is 2.33. The smallest absolute Gasteiger partial charge is 0.122 e. The summed E-state index contributed by atoms with van der Waals surface area (Å²) in [5.41, 5.74) is 1.86. The molecule has 1 heterocycles. The first kappa shape index (κ1) is 21.2. The van der Waals surface area contributed by atoms with E-state index >= 15 is 0 Å². The van der Waals surface area contributed by atoms with E-state index < -0.39 is 7.61 Å². The van der Waals surface area contributed by atoms with Crippen LogP contribution in [-0.4, -0.2) is 16.9 Å². The Morgan fingerprint density at radius 1 is 1.09 bits per heavy atom. The minimum Gasteiger partial charge on any atom is -0.507 e. The Hall–Kier alpha value is 0.140. The van der Waals surface area contributed by atoms with Crippen LogP contribution >= 0.6 is 15.9 Å². The van der Waals surface area contributed by atoms with E-state index in [2.05, 4.69) is 47.6 Å². The third-order valence-electron chi connectivity index (χ3n) is 4.68. The molecule has 1 N–H and O–H groups in total. The molecule has 0 aromatic heterocycles. The minimum absolute atomic E-state index is 0.106. The van der Waals surface area contributed by atoms with Crippen molar-refractivity contribution in [2.24, 2.45) is 5.41 Å². The van der Waals surface area contributed by atoms with Crippen LogP contribution in [0, 0.1) is 5.41 Å². The molecule has 0 saturated heterocycles. The van der Waals surface area contributed by atoms with E-state index in [0.717, 1.165) is 13.8 Å². The van der Waals surface area contributed by atoms with Gasteiger partial charge < -0.3 is 5.11 Å². The fourth-order valence-corrected chi connectivity index (χ4v) is 11.3. The molecule has 0 spiro atoms. The van der Waals surface area contributed by atoms with E-state index in [9.17, 15) is 5.11 Å². The molecule has 0 amide bonds. The highest BCUT2D eigenvalue weighted by molar-refractivity contribution is 8.23. The van der Waals surface area contributed by atoms with Crippen molar-refractivity contribution < 1.29 is 5.11 Å². The van der Waals surface area contributed by atoms with Crippen molar-refractivity contribution in [3.8, 4) is 0 Å². The molecule has 0 aliphatic carbocycles. The maximum absolute atomic E-state index is 10.6. The molecule has 3 atom stereocenters. The fraction of sp³-hybridized carbons (Fsp3) is 0.800. The standard InChI is InChI=1S/C20H39OP2/c1-7-8-9-10-11-12-13-14-22-23-17(3)15-16(2)18(21)19(23)20(4,5)6/h15,17,21-23H,7-14H2,1-6H3. The summed E-state index contributed by atoms with van der Waals surface area (Å²) in [5, 5.41) is 12.0. The summed E-state index contributed by atoms with van der Waals surface area (Å²) in [5.74, 6) is 0.622. The Balaban J connectivity index is 2.48.